The fourth-order valence-electron chi connectivity index (χ4n) is 3.03. The molecule has 1 aromatic rings. The fourth-order valence-corrected chi connectivity index (χ4v) is 4.29. The molecule has 8 heteroatoms. The van der Waals surface area contributed by atoms with Crippen LogP contribution in [-0.4, -0.2) is 60.5 Å². The van der Waals surface area contributed by atoms with E-state index in [9.17, 15) is 13.2 Å². The summed E-state index contributed by atoms with van der Waals surface area (Å²) >= 11 is 0. The van der Waals surface area contributed by atoms with E-state index in [4.69, 9.17) is 0 Å². The van der Waals surface area contributed by atoms with Crippen LogP contribution < -0.4 is 0 Å². The molecule has 1 aliphatic rings. The van der Waals surface area contributed by atoms with Gasteiger partial charge in [-0.15, -0.1) is 0 Å². The number of sulfonamides is 1. The van der Waals surface area contributed by atoms with E-state index >= 15 is 0 Å². The quantitative estimate of drug-likeness (QED) is 0.818. The first-order valence-electron chi connectivity index (χ1n) is 7.89. The molecule has 2 rings (SSSR count). The number of piperidine rings is 1. The van der Waals surface area contributed by atoms with Crippen LogP contribution in [0.25, 0.3) is 0 Å². The summed E-state index contributed by atoms with van der Waals surface area (Å²) < 4.78 is 27.5. The highest BCUT2D eigenvalue weighted by atomic mass is 32.2. The van der Waals surface area contributed by atoms with Gasteiger partial charge in [-0.25, -0.2) is 12.7 Å². The Morgan fingerprint density at radius 3 is 2.57 bits per heavy atom. The van der Waals surface area contributed by atoms with E-state index in [0.29, 0.717) is 17.3 Å². The van der Waals surface area contributed by atoms with Gasteiger partial charge in [-0.05, 0) is 32.6 Å². The third kappa shape index (κ3) is 3.58. The number of nitrogens with zero attached hydrogens (tertiary/aromatic N) is 4. The highest BCUT2D eigenvalue weighted by Gasteiger charge is 2.28. The maximum Gasteiger partial charge on any atom is 0.246 e. The van der Waals surface area contributed by atoms with Gasteiger partial charge in [0.05, 0.1) is 11.4 Å². The lowest BCUT2D eigenvalue weighted by Gasteiger charge is -2.31. The second-order valence-electron chi connectivity index (χ2n) is 6.53. The smallest absolute Gasteiger partial charge is 0.246 e. The molecule has 130 valence electrons. The van der Waals surface area contributed by atoms with Crippen LogP contribution in [0.15, 0.2) is 4.90 Å². The molecule has 7 nitrogen and oxygen atoms in total. The summed E-state index contributed by atoms with van der Waals surface area (Å²) in [6.07, 6.45) is 2.17. The van der Waals surface area contributed by atoms with Gasteiger partial charge in [0.2, 0.25) is 15.9 Å². The van der Waals surface area contributed by atoms with Crippen LogP contribution in [0.1, 0.15) is 31.2 Å². The van der Waals surface area contributed by atoms with Crippen molar-refractivity contribution in [2.75, 3.05) is 27.2 Å². The Labute approximate surface area is 138 Å². The van der Waals surface area contributed by atoms with Gasteiger partial charge >= 0.3 is 0 Å². The zero-order valence-corrected chi connectivity index (χ0v) is 15.4. The molecule has 0 radical (unpaired) electrons. The van der Waals surface area contributed by atoms with Gasteiger partial charge in [-0.2, -0.15) is 5.10 Å². The van der Waals surface area contributed by atoms with E-state index in [0.717, 1.165) is 25.9 Å². The average molecular weight is 342 g/mol. The van der Waals surface area contributed by atoms with Crippen molar-refractivity contribution in [1.82, 2.24) is 19.0 Å². The van der Waals surface area contributed by atoms with Crippen molar-refractivity contribution in [1.29, 1.82) is 0 Å². The summed E-state index contributed by atoms with van der Waals surface area (Å²) in [6, 6.07) is 0. The Bertz CT molecular complexity index is 694. The van der Waals surface area contributed by atoms with Gasteiger partial charge in [0.25, 0.3) is 0 Å². The number of aromatic nitrogens is 2. The van der Waals surface area contributed by atoms with E-state index in [2.05, 4.69) is 12.0 Å². The van der Waals surface area contributed by atoms with Crippen LogP contribution in [0.2, 0.25) is 0 Å². The molecule has 0 saturated carbocycles. The lowest BCUT2D eigenvalue weighted by Crippen LogP contribution is -2.41. The lowest BCUT2D eigenvalue weighted by molar-refractivity contribution is -0.133. The largest absolute Gasteiger partial charge is 0.341 e. The molecule has 0 spiro atoms. The van der Waals surface area contributed by atoms with Crippen molar-refractivity contribution in [3.63, 3.8) is 0 Å². The van der Waals surface area contributed by atoms with E-state index < -0.39 is 10.0 Å². The van der Waals surface area contributed by atoms with Crippen LogP contribution in [0.4, 0.5) is 0 Å². The van der Waals surface area contributed by atoms with E-state index in [1.165, 1.54) is 23.1 Å². The number of likely N-dealkylation sites (tertiary alicyclic amines) is 1. The van der Waals surface area contributed by atoms with E-state index in [1.54, 1.807) is 13.8 Å². The maximum absolute atomic E-state index is 12.5. The predicted molar refractivity (Wildman–Crippen MR) is 87.6 cm³/mol. The second-order valence-corrected chi connectivity index (χ2v) is 8.62. The highest BCUT2D eigenvalue weighted by molar-refractivity contribution is 7.89. The third-order valence-electron chi connectivity index (χ3n) is 4.35. The predicted octanol–water partition coefficient (Wildman–Crippen LogP) is 1.01. The van der Waals surface area contributed by atoms with Gasteiger partial charge in [0, 0.05) is 27.2 Å². The number of carbonyl (C=O) groups is 1. The SMILES string of the molecule is Cc1nn(CC(=O)N2CCC[C@H](C)C2)c(C)c1S(=O)(=O)N(C)C. The first kappa shape index (κ1) is 17.9. The Hall–Kier alpha value is -1.41. The zero-order valence-electron chi connectivity index (χ0n) is 14.5. The zero-order chi connectivity index (χ0) is 17.4. The van der Waals surface area contributed by atoms with Gasteiger partial charge in [-0.1, -0.05) is 6.92 Å². The second kappa shape index (κ2) is 6.60. The Balaban J connectivity index is 2.24. The minimum Gasteiger partial charge on any atom is -0.341 e. The monoisotopic (exact) mass is 342 g/mol. The van der Waals surface area contributed by atoms with Gasteiger partial charge in [0.1, 0.15) is 11.4 Å². The topological polar surface area (TPSA) is 75.5 Å². The van der Waals surface area contributed by atoms with E-state index in [1.807, 2.05) is 4.90 Å². The number of aryl methyl sites for hydroxylation is 1. The normalized spacial score (nSPS) is 19.4. The first-order chi connectivity index (χ1) is 10.6. The average Bonchev–Trinajstić information content (AvgIpc) is 2.73. The molecule has 1 aliphatic heterocycles. The van der Waals surface area contributed by atoms with Crippen molar-refractivity contribution in [2.45, 2.75) is 45.1 Å². The van der Waals surface area contributed by atoms with Crippen molar-refractivity contribution in [3.8, 4) is 0 Å². The van der Waals surface area contributed by atoms with Crippen LogP contribution in [0.5, 0.6) is 0 Å². The van der Waals surface area contributed by atoms with E-state index in [-0.39, 0.29) is 17.3 Å². The molecule has 1 saturated heterocycles. The molecule has 1 amide bonds. The molecule has 0 bridgehead atoms. The van der Waals surface area contributed by atoms with Crippen LogP contribution >= 0.6 is 0 Å². The van der Waals surface area contributed by atoms with Crippen LogP contribution in [-0.2, 0) is 21.4 Å². The van der Waals surface area contributed by atoms with Gasteiger partial charge < -0.3 is 4.90 Å². The van der Waals surface area contributed by atoms with Crippen molar-refractivity contribution in [3.05, 3.63) is 11.4 Å². The Morgan fingerprint density at radius 2 is 2.00 bits per heavy atom. The maximum atomic E-state index is 12.5. The molecule has 1 aromatic heterocycles. The number of rotatable bonds is 4. The summed E-state index contributed by atoms with van der Waals surface area (Å²) in [6.45, 7) is 7.12. The number of hydrogen-bond acceptors (Lipinski definition) is 4. The molecule has 2 heterocycles. The Kier molecular flexibility index (Phi) is 5.15. The first-order valence-corrected chi connectivity index (χ1v) is 9.33. The Morgan fingerprint density at radius 1 is 1.35 bits per heavy atom. The number of carbonyl (C=O) groups excluding carboxylic acids is 1. The van der Waals surface area contributed by atoms with Crippen molar-refractivity contribution < 1.29 is 13.2 Å². The number of hydrogen-bond donors (Lipinski definition) is 0. The van der Waals surface area contributed by atoms with Crippen molar-refractivity contribution >= 4 is 15.9 Å². The highest BCUT2D eigenvalue weighted by Crippen LogP contribution is 2.22. The van der Waals surface area contributed by atoms with Gasteiger partial charge in [0.15, 0.2) is 0 Å². The molecule has 0 aliphatic carbocycles. The van der Waals surface area contributed by atoms with Crippen LogP contribution in [0.3, 0.4) is 0 Å². The fraction of sp³-hybridized carbons (Fsp3) is 0.733. The molecule has 1 atom stereocenters. The number of amides is 1. The molecular weight excluding hydrogens is 316 g/mol. The molecule has 0 N–H and O–H groups in total. The lowest BCUT2D eigenvalue weighted by atomic mass is 10.0. The molecular formula is C15H26N4O3S. The molecule has 1 fully saturated rings. The summed E-state index contributed by atoms with van der Waals surface area (Å²) in [4.78, 5) is 14.5. The minimum absolute atomic E-state index is 0.00375. The third-order valence-corrected chi connectivity index (χ3v) is 6.42. The van der Waals surface area contributed by atoms with Crippen molar-refractivity contribution in [2.24, 2.45) is 5.92 Å². The standard InChI is InChI=1S/C15H26N4O3S/c1-11-7-6-8-18(9-11)14(20)10-19-13(3)15(12(2)16-19)23(21,22)17(4)5/h11H,6-10H2,1-5H3/t11-/m0/s1. The summed E-state index contributed by atoms with van der Waals surface area (Å²) in [5, 5.41) is 4.28. The molecule has 0 aromatic carbocycles. The summed E-state index contributed by atoms with van der Waals surface area (Å²) in [5.74, 6) is 0.508. The minimum atomic E-state index is -3.56. The van der Waals surface area contributed by atoms with Gasteiger partial charge in [-0.3, -0.25) is 9.48 Å². The molecule has 23 heavy (non-hydrogen) atoms. The summed E-state index contributed by atoms with van der Waals surface area (Å²) in [5.41, 5.74) is 0.936. The summed E-state index contributed by atoms with van der Waals surface area (Å²) in [7, 11) is -0.578. The molecule has 0 unspecified atom stereocenters. The van der Waals surface area contributed by atoms with Crippen LogP contribution in [0, 0.1) is 19.8 Å².